The number of nitrogens with one attached hydrogen (secondary N) is 2. The Bertz CT molecular complexity index is 1440. The van der Waals surface area contributed by atoms with Crippen LogP contribution < -0.4 is 16.2 Å². The van der Waals surface area contributed by atoms with E-state index in [1.165, 1.54) is 36.4 Å². The monoisotopic (exact) mass is 561 g/mol. The van der Waals surface area contributed by atoms with Gasteiger partial charge in [-0.1, -0.05) is 48.5 Å². The van der Waals surface area contributed by atoms with Crippen molar-refractivity contribution in [3.63, 3.8) is 0 Å². The normalized spacial score (nSPS) is 12.7. The Morgan fingerprint density at radius 2 is 1.55 bits per heavy atom. The Hall–Kier alpha value is -4.81. The first-order valence-electron chi connectivity index (χ1n) is 11.7. The Labute approximate surface area is 224 Å². The van der Waals surface area contributed by atoms with Crippen LogP contribution >= 0.6 is 0 Å². The van der Waals surface area contributed by atoms with Crippen molar-refractivity contribution in [3.05, 3.63) is 100.0 Å². The van der Waals surface area contributed by atoms with Gasteiger partial charge in [0.15, 0.2) is 5.78 Å². The predicted molar refractivity (Wildman–Crippen MR) is 134 cm³/mol. The minimum atomic E-state index is -5.01. The molecule has 40 heavy (non-hydrogen) atoms. The van der Waals surface area contributed by atoms with Crippen LogP contribution in [0.4, 0.5) is 23.2 Å². The summed E-state index contributed by atoms with van der Waals surface area (Å²) in [6.07, 6.45) is -5.99. The van der Waals surface area contributed by atoms with Crippen LogP contribution in [-0.2, 0) is 27.0 Å². The zero-order valence-corrected chi connectivity index (χ0v) is 20.7. The second-order valence-corrected chi connectivity index (χ2v) is 8.64. The molecule has 1 aromatic heterocycles. The lowest BCUT2D eigenvalue weighted by molar-refractivity contribution is -0.141. The fraction of sp³-hybridized carbons (Fsp3) is 0.222. The molecule has 1 unspecified atom stereocenters. The summed E-state index contributed by atoms with van der Waals surface area (Å²) in [7, 11) is 0. The Morgan fingerprint density at radius 3 is 2.10 bits per heavy atom. The van der Waals surface area contributed by atoms with Crippen molar-refractivity contribution < 1.29 is 41.8 Å². The number of aromatic nitrogens is 1. The zero-order chi connectivity index (χ0) is 29.4. The number of rotatable bonds is 11. The van der Waals surface area contributed by atoms with E-state index in [0.29, 0.717) is 22.4 Å². The molecule has 2 atom stereocenters. The molecule has 0 fully saturated rings. The molecule has 1 heterocycles. The third-order valence-corrected chi connectivity index (χ3v) is 5.78. The van der Waals surface area contributed by atoms with Crippen molar-refractivity contribution >= 4 is 29.3 Å². The van der Waals surface area contributed by atoms with Crippen LogP contribution in [0.25, 0.3) is 0 Å². The number of benzene rings is 2. The molecule has 2 aromatic carbocycles. The van der Waals surface area contributed by atoms with Gasteiger partial charge in [-0.15, -0.1) is 0 Å². The van der Waals surface area contributed by atoms with Crippen molar-refractivity contribution in [2.45, 2.75) is 31.1 Å². The van der Waals surface area contributed by atoms with Crippen LogP contribution in [0, 0.1) is 0 Å². The summed E-state index contributed by atoms with van der Waals surface area (Å²) in [5.41, 5.74) is -2.89. The maximum Gasteiger partial charge on any atom is 0.417 e. The third-order valence-electron chi connectivity index (χ3n) is 5.78. The number of Topliss-reactive ketones (excluding diaryl/α,β-unsaturated/α-hetero) is 1. The molecule has 0 aliphatic carbocycles. The fourth-order valence-corrected chi connectivity index (χ4v) is 3.80. The number of pyridine rings is 1. The summed E-state index contributed by atoms with van der Waals surface area (Å²) in [6, 6.07) is 12.0. The van der Waals surface area contributed by atoms with Gasteiger partial charge in [-0.25, -0.2) is 4.39 Å². The number of carboxylic acids is 1. The molecule has 0 aliphatic rings. The molecular weight excluding hydrogens is 538 g/mol. The lowest BCUT2D eigenvalue weighted by atomic mass is 10.0. The van der Waals surface area contributed by atoms with Gasteiger partial charge < -0.3 is 20.3 Å². The number of carbonyl (C=O) groups is 4. The van der Waals surface area contributed by atoms with Gasteiger partial charge in [-0.05, 0) is 23.8 Å². The van der Waals surface area contributed by atoms with Gasteiger partial charge in [0.1, 0.15) is 24.4 Å². The standard InChI is InChI=1S/C27H23F4N3O6/c28-14-22(35)19(13-23(36)37)32-25(39)21(11-16-7-3-1-4-8-16)34-15-18(27(29,30)31)12-20(26(34)40)33-24(38)17-9-5-2-6-10-17/h1-10,12,15,19,21H,11,13-14H2,(H,32,39)(H,33,38)(H,36,37)/t19?,21-/m0/s1. The number of nitrogens with zero attached hydrogens (tertiary/aromatic N) is 1. The topological polar surface area (TPSA) is 135 Å². The third kappa shape index (κ3) is 7.62. The molecule has 0 saturated heterocycles. The van der Waals surface area contributed by atoms with Crippen LogP contribution in [-0.4, -0.2) is 46.0 Å². The Morgan fingerprint density at radius 1 is 0.950 bits per heavy atom. The van der Waals surface area contributed by atoms with E-state index in [9.17, 15) is 41.5 Å². The summed E-state index contributed by atoms with van der Waals surface area (Å²) in [5, 5.41) is 13.3. The number of hydrogen-bond acceptors (Lipinski definition) is 5. The molecular formula is C27H23F4N3O6. The molecule has 3 rings (SSSR count). The van der Waals surface area contributed by atoms with Crippen molar-refractivity contribution in [1.82, 2.24) is 9.88 Å². The van der Waals surface area contributed by atoms with E-state index < -0.39 is 71.7 Å². The van der Waals surface area contributed by atoms with Crippen LogP contribution in [0.2, 0.25) is 0 Å². The predicted octanol–water partition coefficient (Wildman–Crippen LogP) is 3.40. The second kappa shape index (κ2) is 12.8. The fourth-order valence-electron chi connectivity index (χ4n) is 3.80. The number of alkyl halides is 4. The number of aliphatic carboxylic acids is 1. The summed E-state index contributed by atoms with van der Waals surface area (Å²) in [5.74, 6) is -4.92. The number of ketones is 1. The minimum absolute atomic E-state index is 0.0469. The molecule has 3 aromatic rings. The van der Waals surface area contributed by atoms with Gasteiger partial charge in [0, 0.05) is 18.2 Å². The first-order valence-corrected chi connectivity index (χ1v) is 11.7. The summed E-state index contributed by atoms with van der Waals surface area (Å²) in [4.78, 5) is 62.5. The van der Waals surface area contributed by atoms with Gasteiger partial charge >= 0.3 is 12.1 Å². The van der Waals surface area contributed by atoms with Crippen molar-refractivity contribution in [1.29, 1.82) is 0 Å². The van der Waals surface area contributed by atoms with Crippen molar-refractivity contribution in [2.24, 2.45) is 0 Å². The Kier molecular flexibility index (Phi) is 9.54. The van der Waals surface area contributed by atoms with E-state index in [0.717, 1.165) is 0 Å². The molecule has 13 heteroatoms. The lowest BCUT2D eigenvalue weighted by Crippen LogP contribution is -2.48. The van der Waals surface area contributed by atoms with Crippen molar-refractivity contribution in [2.75, 3.05) is 12.0 Å². The van der Waals surface area contributed by atoms with Gasteiger partial charge in [0.25, 0.3) is 11.5 Å². The summed E-state index contributed by atoms with van der Waals surface area (Å²) >= 11 is 0. The highest BCUT2D eigenvalue weighted by molar-refractivity contribution is 6.04. The van der Waals surface area contributed by atoms with E-state index in [4.69, 9.17) is 5.11 Å². The molecule has 0 spiro atoms. The molecule has 0 saturated carbocycles. The quantitative estimate of drug-likeness (QED) is 0.307. The Balaban J connectivity index is 2.13. The zero-order valence-electron chi connectivity index (χ0n) is 20.7. The van der Waals surface area contributed by atoms with E-state index in [2.05, 4.69) is 10.6 Å². The van der Waals surface area contributed by atoms with E-state index in [-0.39, 0.29) is 12.0 Å². The lowest BCUT2D eigenvalue weighted by Gasteiger charge is -2.24. The van der Waals surface area contributed by atoms with Crippen LogP contribution in [0.5, 0.6) is 0 Å². The van der Waals surface area contributed by atoms with Crippen LogP contribution in [0.1, 0.15) is 33.9 Å². The number of carbonyl (C=O) groups excluding carboxylic acids is 3. The first kappa shape index (κ1) is 29.7. The molecule has 0 bridgehead atoms. The highest BCUT2D eigenvalue weighted by atomic mass is 19.4. The molecule has 0 aliphatic heterocycles. The van der Waals surface area contributed by atoms with Gasteiger partial charge in [-0.2, -0.15) is 13.2 Å². The highest BCUT2D eigenvalue weighted by Crippen LogP contribution is 2.31. The summed E-state index contributed by atoms with van der Waals surface area (Å²) in [6.45, 7) is -1.61. The van der Waals surface area contributed by atoms with Crippen LogP contribution in [0.3, 0.4) is 0 Å². The molecule has 0 radical (unpaired) electrons. The SMILES string of the molecule is O=C(O)CC(NC(=O)[C@H](Cc1ccccc1)n1cc(C(F)(F)F)cc(NC(=O)c2ccccc2)c1=O)C(=O)CF. The number of halogens is 4. The summed E-state index contributed by atoms with van der Waals surface area (Å²) < 4.78 is 55.1. The molecule has 2 amide bonds. The van der Waals surface area contributed by atoms with Crippen molar-refractivity contribution in [3.8, 4) is 0 Å². The minimum Gasteiger partial charge on any atom is -0.481 e. The number of anilines is 1. The van der Waals surface area contributed by atoms with E-state index in [1.807, 2.05) is 0 Å². The van der Waals surface area contributed by atoms with Gasteiger partial charge in [0.05, 0.1) is 12.0 Å². The van der Waals surface area contributed by atoms with Crippen LogP contribution in [0.15, 0.2) is 77.7 Å². The first-order chi connectivity index (χ1) is 18.9. The average Bonchev–Trinajstić information content (AvgIpc) is 2.92. The maximum absolute atomic E-state index is 13.9. The van der Waals surface area contributed by atoms with Gasteiger partial charge in [-0.3, -0.25) is 24.0 Å². The molecule has 9 nitrogen and oxygen atoms in total. The molecule has 210 valence electrons. The van der Waals surface area contributed by atoms with E-state index >= 15 is 0 Å². The number of hydrogen-bond donors (Lipinski definition) is 3. The highest BCUT2D eigenvalue weighted by Gasteiger charge is 2.35. The maximum atomic E-state index is 13.9. The smallest absolute Gasteiger partial charge is 0.417 e. The average molecular weight is 561 g/mol. The molecule has 3 N–H and O–H groups in total. The number of amides is 2. The van der Waals surface area contributed by atoms with Gasteiger partial charge in [0.2, 0.25) is 5.91 Å². The second-order valence-electron chi connectivity index (χ2n) is 8.64. The number of carboxylic acid groups (broad SMARTS) is 1. The van der Waals surface area contributed by atoms with E-state index in [1.54, 1.807) is 24.3 Å². The largest absolute Gasteiger partial charge is 0.481 e.